The molecule has 0 fully saturated rings. The number of benzene rings is 18. The second-order valence-electron chi connectivity index (χ2n) is 31.8. The second-order valence-corrected chi connectivity index (χ2v) is 34.0. The van der Waals surface area contributed by atoms with E-state index in [0.29, 0.717) is 0 Å². The first-order valence-corrected chi connectivity index (χ1v) is 43.1. The smallest absolute Gasteiger partial charge is 0.143 e. The molecule has 6 nitrogen and oxygen atoms in total. The topological polar surface area (TPSA) is 45.2 Å². The molecule has 0 bridgehead atoms. The minimum atomic E-state index is -0.999. The van der Waals surface area contributed by atoms with E-state index in [0.717, 1.165) is 190 Å². The third kappa shape index (κ3) is 11.3. The lowest BCUT2D eigenvalue weighted by Crippen LogP contribution is -2.32. The minimum Gasteiger partial charge on any atom is -0.457 e. The molecule has 122 heavy (non-hydrogen) atoms. The number of ether oxygens (including phenoxy) is 1. The molecule has 0 radical (unpaired) electrons. The van der Waals surface area contributed by atoms with Crippen molar-refractivity contribution in [2.75, 3.05) is 14.7 Å². The van der Waals surface area contributed by atoms with Gasteiger partial charge in [0.25, 0.3) is 0 Å². The van der Waals surface area contributed by atoms with Crippen LogP contribution in [0.15, 0.2) is 428 Å². The normalized spacial score (nSPS) is 13.6. The summed E-state index contributed by atoms with van der Waals surface area (Å²) in [5.41, 5.74) is 26.4. The van der Waals surface area contributed by atoms with Gasteiger partial charge in [0.2, 0.25) is 0 Å². The first-order chi connectivity index (χ1) is 60.3. The van der Waals surface area contributed by atoms with Crippen LogP contribution in [-0.4, -0.2) is 0 Å². The number of nitrogens with zero attached hydrogens (tertiary/aromatic N) is 3. The van der Waals surface area contributed by atoms with E-state index in [1.165, 1.54) is 45.7 Å². The highest BCUT2D eigenvalue weighted by Gasteiger charge is 2.53. The van der Waals surface area contributed by atoms with Gasteiger partial charge >= 0.3 is 0 Å². The van der Waals surface area contributed by atoms with Crippen LogP contribution in [0.25, 0.3) is 145 Å². The Kier molecular flexibility index (Phi) is 16.5. The summed E-state index contributed by atoms with van der Waals surface area (Å²) in [6.45, 7) is 6.24. The molecule has 0 saturated carbocycles. The Morgan fingerprint density at radius 2 is 0.861 bits per heavy atom. The number of allylic oxidation sites excluding steroid dienone is 5. The third-order valence-electron chi connectivity index (χ3n) is 25.0. The fourth-order valence-corrected chi connectivity index (χ4v) is 21.8. The average molecular weight is 1600 g/mol. The molecule has 8 heteroatoms. The zero-order valence-electron chi connectivity index (χ0n) is 66.3. The number of para-hydroxylation sites is 3. The zero-order chi connectivity index (χ0) is 80.7. The van der Waals surface area contributed by atoms with Crippen LogP contribution in [0.5, 0.6) is 11.5 Å². The molecule has 0 amide bonds. The Morgan fingerprint density at radius 1 is 0.311 bits per heavy atom. The van der Waals surface area contributed by atoms with Crippen molar-refractivity contribution >= 4 is 174 Å². The Morgan fingerprint density at radius 3 is 1.62 bits per heavy atom. The molecule has 24 rings (SSSR count). The van der Waals surface area contributed by atoms with Crippen LogP contribution in [0.2, 0.25) is 0 Å². The molecule has 2 aliphatic rings. The highest BCUT2D eigenvalue weighted by molar-refractivity contribution is 7.26. The molecule has 0 saturated heterocycles. The summed E-state index contributed by atoms with van der Waals surface area (Å²) in [5, 5.41) is 11.4. The number of hydrogen-bond acceptors (Lipinski definition) is 8. The molecule has 1 spiro atoms. The van der Waals surface area contributed by atoms with Gasteiger partial charge in [0.15, 0.2) is 0 Å². The van der Waals surface area contributed by atoms with Crippen molar-refractivity contribution in [1.29, 1.82) is 0 Å². The van der Waals surface area contributed by atoms with Gasteiger partial charge in [0.1, 0.15) is 33.8 Å². The maximum atomic E-state index is 8.07. The molecule has 1 atom stereocenters. The highest BCUT2D eigenvalue weighted by atomic mass is 32.1. The minimum absolute atomic E-state index is 0.721. The molecule has 18 aromatic carbocycles. The Labute approximate surface area is 712 Å². The fraction of sp³-hybridized carbons (Fsp3) is 0.0175. The quantitative estimate of drug-likeness (QED) is 0.0953. The largest absolute Gasteiger partial charge is 0.457 e. The number of rotatable bonds is 15. The highest BCUT2D eigenvalue weighted by Crippen LogP contribution is 2.66. The number of hydrogen-bond donors (Lipinski definition) is 0. The summed E-state index contributed by atoms with van der Waals surface area (Å²) >= 11 is 3.67. The predicted molar refractivity (Wildman–Crippen MR) is 515 cm³/mol. The number of anilines is 9. The van der Waals surface area contributed by atoms with Crippen LogP contribution in [-0.2, 0) is 5.41 Å². The second kappa shape index (κ2) is 28.5. The van der Waals surface area contributed by atoms with Gasteiger partial charge in [0, 0.05) is 142 Å². The third-order valence-corrected chi connectivity index (χ3v) is 27.2. The van der Waals surface area contributed by atoms with E-state index >= 15 is 0 Å². The lowest BCUT2D eigenvalue weighted by molar-refractivity contribution is 0.436. The maximum Gasteiger partial charge on any atom is 0.143 e. The molecule has 1 aliphatic heterocycles. The molecule has 22 aromatic rings. The van der Waals surface area contributed by atoms with Gasteiger partial charge in [-0.2, -0.15) is 0 Å². The summed E-state index contributed by atoms with van der Waals surface area (Å²) < 4.78 is 27.1. The molecule has 1 unspecified atom stereocenters. The molecule has 4 aromatic heterocycles. The lowest BCUT2D eigenvalue weighted by atomic mass is 9.66. The van der Waals surface area contributed by atoms with Crippen LogP contribution in [0.1, 0.15) is 34.7 Å². The van der Waals surface area contributed by atoms with Gasteiger partial charge < -0.3 is 28.3 Å². The van der Waals surface area contributed by atoms with Gasteiger partial charge in [-0.25, -0.2) is 0 Å². The van der Waals surface area contributed by atoms with Crippen molar-refractivity contribution in [3.8, 4) is 56.0 Å². The monoisotopic (exact) mass is 1600 g/mol. The van der Waals surface area contributed by atoms with Crippen LogP contribution in [0.3, 0.4) is 0 Å². The summed E-state index contributed by atoms with van der Waals surface area (Å²) in [6.07, 6.45) is 8.11. The molecule has 1 aliphatic carbocycles. The van der Waals surface area contributed by atoms with Gasteiger partial charge in [-0.15, -0.1) is 22.7 Å². The van der Waals surface area contributed by atoms with Gasteiger partial charge in [-0.3, -0.25) is 0 Å². The number of thiophene rings is 2. The molecular formula is C114H73N3O3S2. The Balaban J connectivity index is 0.774. The van der Waals surface area contributed by atoms with Crippen molar-refractivity contribution < 1.29 is 13.6 Å². The molecular weight excluding hydrogens is 1520 g/mol. The first kappa shape index (κ1) is 70.8. The summed E-state index contributed by atoms with van der Waals surface area (Å²) in [6, 6.07) is 142. The van der Waals surface area contributed by atoms with Gasteiger partial charge in [-0.05, 0) is 195 Å². The van der Waals surface area contributed by atoms with Crippen LogP contribution >= 0.6 is 22.7 Å². The SMILES string of the molecule is C=C/C=C\C=C(/C)c1cc(N(c2ccccc2)c2ccc3c(c2)Oc2cc(N(c4ccc(-c5ccccc5)cc4)c4cc(-c5ccc6ccccc6c5)c5oc6ccccc6c5c4)ccc2C32c3ccccc3-c3c(N(c4cc(-c5ccccc5)c5c(c4)oc4ccccc45)c4ccc5sc6ccccc6c5c4)cccc32)cc2sc3ccccc3c12. The van der Waals surface area contributed by atoms with Gasteiger partial charge in [0.05, 0.1) is 16.8 Å². The van der Waals surface area contributed by atoms with E-state index in [1.807, 2.05) is 34.8 Å². The van der Waals surface area contributed by atoms with Crippen LogP contribution in [0.4, 0.5) is 51.2 Å². The Hall–Kier alpha value is -15.3. The van der Waals surface area contributed by atoms with E-state index in [-0.39, 0.29) is 0 Å². The van der Waals surface area contributed by atoms with E-state index in [1.54, 1.807) is 0 Å². The van der Waals surface area contributed by atoms with Crippen molar-refractivity contribution in [1.82, 2.24) is 0 Å². The van der Waals surface area contributed by atoms with Crippen molar-refractivity contribution in [2.24, 2.45) is 0 Å². The van der Waals surface area contributed by atoms with Crippen LogP contribution in [0, 0.1) is 0 Å². The first-order valence-electron chi connectivity index (χ1n) is 41.4. The lowest BCUT2D eigenvalue weighted by Gasteiger charge is -2.40. The van der Waals surface area contributed by atoms with E-state index < -0.39 is 5.41 Å². The maximum absolute atomic E-state index is 8.07. The fourth-order valence-electron chi connectivity index (χ4n) is 19.6. The van der Waals surface area contributed by atoms with E-state index in [4.69, 9.17) is 13.6 Å². The average Bonchev–Trinajstić information content (AvgIpc) is 1.50. The standard InChI is InChI=1S/C114H73N3O3S2/c1-3-4-8-28-71(2)91-63-85(70-109-111(91)90-41-21-26-48-107(90)122-109)115(78-35-13-7-14-36-78)81-55-58-97-103(67-81)119-104-68-82(116(79-53-51-74(52-54-79)72-29-9-5-10-30-72)83-65-93(77-50-49-73-31-15-16-34-76(73)61-77)113-95(66-83)86-37-18-23-45-101(86)120-113)56-59-98(104)114(97)96-42-22-17-39-88(96)112-99(114)43-27-44-100(112)117(80-57-60-108-94(62-80)87-38-20-25-47-106(87)121-108)84-64-92(75-32-11-6-12-33-75)110-89-40-19-24-46-102(89)118-105(110)69-84/h3-70H,1H2,2H3/b8-4-,71-28+. The summed E-state index contributed by atoms with van der Waals surface area (Å²) in [5.74, 6) is 1.45. The van der Waals surface area contributed by atoms with Crippen molar-refractivity contribution in [3.05, 3.63) is 447 Å². The zero-order valence-corrected chi connectivity index (χ0v) is 68.0. The van der Waals surface area contributed by atoms with Crippen LogP contribution < -0.4 is 19.4 Å². The number of furan rings is 2. The summed E-state index contributed by atoms with van der Waals surface area (Å²) in [7, 11) is 0. The predicted octanol–water partition coefficient (Wildman–Crippen LogP) is 33.4. The van der Waals surface area contributed by atoms with Crippen molar-refractivity contribution in [3.63, 3.8) is 0 Å². The molecule has 574 valence electrons. The van der Waals surface area contributed by atoms with Crippen molar-refractivity contribution in [2.45, 2.75) is 12.3 Å². The Bertz CT molecular complexity index is 8110. The number of fused-ring (bicyclic) bond motifs is 22. The summed E-state index contributed by atoms with van der Waals surface area (Å²) in [4.78, 5) is 7.33. The molecule has 0 N–H and O–H groups in total. The van der Waals surface area contributed by atoms with Gasteiger partial charge in [-0.1, -0.05) is 280 Å². The molecule has 5 heterocycles. The van der Waals surface area contributed by atoms with E-state index in [9.17, 15) is 0 Å². The van der Waals surface area contributed by atoms with E-state index in [2.05, 4.69) is 429 Å².